The molecule has 0 radical (unpaired) electrons. The third kappa shape index (κ3) is 3.82. The summed E-state index contributed by atoms with van der Waals surface area (Å²) < 4.78 is 6.09. The molecule has 1 aliphatic carbocycles. The maximum Gasteiger partial charge on any atom is 0.218 e. The molecule has 1 aliphatic rings. The average Bonchev–Trinajstić information content (AvgIpc) is 2.38. The highest BCUT2D eigenvalue weighted by Gasteiger charge is 2.26. The Kier molecular flexibility index (Phi) is 5.03. The number of rotatable bonds is 4. The van der Waals surface area contributed by atoms with Gasteiger partial charge in [-0.2, -0.15) is 4.98 Å². The summed E-state index contributed by atoms with van der Waals surface area (Å²) in [5.41, 5.74) is 0. The summed E-state index contributed by atoms with van der Waals surface area (Å²) in [6.45, 7) is 6.36. The van der Waals surface area contributed by atoms with E-state index in [0.29, 0.717) is 17.0 Å². The van der Waals surface area contributed by atoms with E-state index in [-0.39, 0.29) is 12.0 Å². The fraction of sp³-hybridized carbons (Fsp3) is 0.733. The molecule has 1 fully saturated rings. The predicted octanol–water partition coefficient (Wildman–Crippen LogP) is 4.60. The first kappa shape index (κ1) is 14.6. The fourth-order valence-electron chi connectivity index (χ4n) is 2.68. The lowest BCUT2D eigenvalue weighted by Crippen LogP contribution is -2.30. The second kappa shape index (κ2) is 6.56. The number of ether oxygens (including phenoxy) is 1. The Hall–Kier alpha value is -0.830. The van der Waals surface area contributed by atoms with Gasteiger partial charge in [0.1, 0.15) is 17.1 Å². The zero-order valence-corrected chi connectivity index (χ0v) is 12.8. The summed E-state index contributed by atoms with van der Waals surface area (Å²) in [4.78, 5) is 8.72. The zero-order valence-electron chi connectivity index (χ0n) is 12.0. The van der Waals surface area contributed by atoms with Crippen molar-refractivity contribution in [1.82, 2.24) is 9.97 Å². The van der Waals surface area contributed by atoms with Crippen molar-refractivity contribution in [2.45, 2.75) is 64.9 Å². The number of halogens is 1. The first-order valence-electron chi connectivity index (χ1n) is 7.31. The Balaban J connectivity index is 2.13. The van der Waals surface area contributed by atoms with Gasteiger partial charge in [-0.05, 0) is 31.6 Å². The molecule has 0 bridgehead atoms. The SMILES string of the molecule is CCC1CCCCC1Oc1cc(Cl)nc(C(C)C)n1. The van der Waals surface area contributed by atoms with E-state index in [1.54, 1.807) is 6.07 Å². The normalized spacial score (nSPS) is 23.6. The Morgan fingerprint density at radius 1 is 1.32 bits per heavy atom. The third-order valence-electron chi connectivity index (χ3n) is 3.84. The van der Waals surface area contributed by atoms with Crippen LogP contribution < -0.4 is 4.74 Å². The summed E-state index contributed by atoms with van der Waals surface area (Å²) in [6.07, 6.45) is 6.40. The van der Waals surface area contributed by atoms with E-state index < -0.39 is 0 Å². The standard InChI is InChI=1S/C15H23ClN2O/c1-4-11-7-5-6-8-12(11)19-14-9-13(16)17-15(18-14)10(2)3/h9-12H,4-8H2,1-3H3. The highest BCUT2D eigenvalue weighted by Crippen LogP contribution is 2.30. The van der Waals surface area contributed by atoms with Gasteiger partial charge in [-0.1, -0.05) is 38.8 Å². The molecular weight excluding hydrogens is 260 g/mol. The molecule has 0 saturated heterocycles. The summed E-state index contributed by atoms with van der Waals surface area (Å²) in [6, 6.07) is 1.73. The van der Waals surface area contributed by atoms with Crippen LogP contribution in [0.4, 0.5) is 0 Å². The number of hydrogen-bond donors (Lipinski definition) is 0. The molecule has 0 amide bonds. The molecule has 1 heterocycles. The van der Waals surface area contributed by atoms with E-state index in [9.17, 15) is 0 Å². The van der Waals surface area contributed by atoms with Gasteiger partial charge in [0.05, 0.1) is 0 Å². The number of hydrogen-bond acceptors (Lipinski definition) is 3. The van der Waals surface area contributed by atoms with Gasteiger partial charge < -0.3 is 4.74 Å². The van der Waals surface area contributed by atoms with Crippen molar-refractivity contribution in [3.05, 3.63) is 17.0 Å². The minimum absolute atomic E-state index is 0.259. The molecule has 2 rings (SSSR count). The molecule has 1 aromatic heterocycles. The Morgan fingerprint density at radius 3 is 2.74 bits per heavy atom. The molecule has 106 valence electrons. The maximum absolute atomic E-state index is 6.09. The van der Waals surface area contributed by atoms with Crippen LogP contribution in [0.1, 0.15) is 64.6 Å². The Morgan fingerprint density at radius 2 is 2.05 bits per heavy atom. The van der Waals surface area contributed by atoms with Crippen molar-refractivity contribution >= 4 is 11.6 Å². The molecule has 1 aromatic rings. The van der Waals surface area contributed by atoms with Gasteiger partial charge in [0.25, 0.3) is 0 Å². The molecule has 1 saturated carbocycles. The molecule has 19 heavy (non-hydrogen) atoms. The Labute approximate surface area is 120 Å². The average molecular weight is 283 g/mol. The molecule has 4 heteroatoms. The molecule has 2 unspecified atom stereocenters. The largest absolute Gasteiger partial charge is 0.474 e. The van der Waals surface area contributed by atoms with Gasteiger partial charge in [-0.3, -0.25) is 0 Å². The molecule has 0 aromatic carbocycles. The van der Waals surface area contributed by atoms with Gasteiger partial charge in [0, 0.05) is 12.0 Å². The van der Waals surface area contributed by atoms with Gasteiger partial charge in [-0.25, -0.2) is 4.98 Å². The van der Waals surface area contributed by atoms with Gasteiger partial charge in [0.2, 0.25) is 5.88 Å². The third-order valence-corrected chi connectivity index (χ3v) is 4.03. The summed E-state index contributed by atoms with van der Waals surface area (Å²) >= 11 is 6.05. The first-order valence-corrected chi connectivity index (χ1v) is 7.69. The molecule has 0 spiro atoms. The van der Waals surface area contributed by atoms with Crippen LogP contribution in [-0.4, -0.2) is 16.1 Å². The lowest BCUT2D eigenvalue weighted by atomic mass is 9.85. The highest BCUT2D eigenvalue weighted by atomic mass is 35.5. The van der Waals surface area contributed by atoms with Gasteiger partial charge in [0.15, 0.2) is 0 Å². The van der Waals surface area contributed by atoms with Crippen molar-refractivity contribution < 1.29 is 4.74 Å². The molecule has 2 atom stereocenters. The van der Waals surface area contributed by atoms with Crippen molar-refractivity contribution in [2.24, 2.45) is 5.92 Å². The van der Waals surface area contributed by atoms with Crippen LogP contribution >= 0.6 is 11.6 Å². The van der Waals surface area contributed by atoms with E-state index in [1.807, 2.05) is 0 Å². The van der Waals surface area contributed by atoms with E-state index in [1.165, 1.54) is 25.7 Å². The van der Waals surface area contributed by atoms with Crippen LogP contribution in [-0.2, 0) is 0 Å². The van der Waals surface area contributed by atoms with Crippen LogP contribution in [0.2, 0.25) is 5.15 Å². The van der Waals surface area contributed by atoms with Crippen LogP contribution in [0.5, 0.6) is 5.88 Å². The number of aromatic nitrogens is 2. The van der Waals surface area contributed by atoms with E-state index in [4.69, 9.17) is 16.3 Å². The van der Waals surface area contributed by atoms with Crippen LogP contribution in [0.3, 0.4) is 0 Å². The molecule has 0 aliphatic heterocycles. The lowest BCUT2D eigenvalue weighted by molar-refractivity contribution is 0.0854. The van der Waals surface area contributed by atoms with E-state index in [0.717, 1.165) is 12.2 Å². The molecular formula is C15H23ClN2O. The monoisotopic (exact) mass is 282 g/mol. The van der Waals surface area contributed by atoms with E-state index >= 15 is 0 Å². The second-order valence-corrected chi connectivity index (χ2v) is 6.04. The quantitative estimate of drug-likeness (QED) is 0.757. The van der Waals surface area contributed by atoms with Crippen molar-refractivity contribution in [2.75, 3.05) is 0 Å². The van der Waals surface area contributed by atoms with Crippen molar-refractivity contribution in [3.63, 3.8) is 0 Å². The lowest BCUT2D eigenvalue weighted by Gasteiger charge is -2.30. The first-order chi connectivity index (χ1) is 9.10. The molecule has 0 N–H and O–H groups in total. The van der Waals surface area contributed by atoms with E-state index in [2.05, 4.69) is 30.7 Å². The van der Waals surface area contributed by atoms with Gasteiger partial charge in [-0.15, -0.1) is 0 Å². The summed E-state index contributed by atoms with van der Waals surface area (Å²) in [7, 11) is 0. The van der Waals surface area contributed by atoms with Crippen LogP contribution in [0.25, 0.3) is 0 Å². The number of nitrogens with zero attached hydrogens (tertiary/aromatic N) is 2. The minimum Gasteiger partial charge on any atom is -0.474 e. The van der Waals surface area contributed by atoms with Crippen LogP contribution in [0, 0.1) is 5.92 Å². The predicted molar refractivity (Wildman–Crippen MR) is 77.8 cm³/mol. The maximum atomic E-state index is 6.09. The topological polar surface area (TPSA) is 35.0 Å². The fourth-order valence-corrected chi connectivity index (χ4v) is 2.86. The highest BCUT2D eigenvalue weighted by molar-refractivity contribution is 6.29. The molecule has 3 nitrogen and oxygen atoms in total. The van der Waals surface area contributed by atoms with Crippen molar-refractivity contribution in [1.29, 1.82) is 0 Å². The zero-order chi connectivity index (χ0) is 13.8. The minimum atomic E-state index is 0.259. The smallest absolute Gasteiger partial charge is 0.218 e. The summed E-state index contributed by atoms with van der Waals surface area (Å²) in [5.74, 6) is 2.29. The summed E-state index contributed by atoms with van der Waals surface area (Å²) in [5, 5.41) is 0.470. The van der Waals surface area contributed by atoms with Gasteiger partial charge >= 0.3 is 0 Å². The second-order valence-electron chi connectivity index (χ2n) is 5.65. The van der Waals surface area contributed by atoms with Crippen LogP contribution in [0.15, 0.2) is 6.07 Å². The Bertz CT molecular complexity index is 423. The van der Waals surface area contributed by atoms with Crippen molar-refractivity contribution in [3.8, 4) is 5.88 Å².